The van der Waals surface area contributed by atoms with Gasteiger partial charge in [0, 0.05) is 30.8 Å². The van der Waals surface area contributed by atoms with Gasteiger partial charge in [0.1, 0.15) is 0 Å². The number of aliphatic hydroxyl groups is 1. The third-order valence-electron chi connectivity index (χ3n) is 7.75. The lowest BCUT2D eigenvalue weighted by Crippen LogP contribution is -2.40. The monoisotopic (exact) mass is 444 g/mol. The molecule has 1 aromatic rings. The van der Waals surface area contributed by atoms with E-state index in [-0.39, 0.29) is 17.9 Å². The summed E-state index contributed by atoms with van der Waals surface area (Å²) in [6.45, 7) is 14.1. The average Bonchev–Trinajstić information content (AvgIpc) is 2.74. The number of pyridine rings is 1. The van der Waals surface area contributed by atoms with Crippen molar-refractivity contribution in [3.05, 3.63) is 30.1 Å². The number of amides is 1. The van der Waals surface area contributed by atoms with Gasteiger partial charge in [-0.1, -0.05) is 60.5 Å². The van der Waals surface area contributed by atoms with E-state index in [1.165, 1.54) is 25.7 Å². The van der Waals surface area contributed by atoms with E-state index < -0.39 is 0 Å². The van der Waals surface area contributed by atoms with Crippen LogP contribution in [0, 0.1) is 41.4 Å². The SMILES string of the molecule is CC1CCC(C(C)C)C(C(=O)NCCc2ccccn2)C1.CC1CCC(C(C)C)C(O)C1. The van der Waals surface area contributed by atoms with E-state index in [1.54, 1.807) is 6.20 Å². The fraction of sp³-hybridized carbons (Fsp3) is 0.786. The third kappa shape index (κ3) is 8.50. The van der Waals surface area contributed by atoms with Crippen LogP contribution in [0.2, 0.25) is 0 Å². The van der Waals surface area contributed by atoms with Crippen LogP contribution in [0.3, 0.4) is 0 Å². The molecule has 2 fully saturated rings. The van der Waals surface area contributed by atoms with Gasteiger partial charge in [-0.25, -0.2) is 0 Å². The van der Waals surface area contributed by atoms with Crippen LogP contribution >= 0.6 is 0 Å². The number of aromatic nitrogens is 1. The van der Waals surface area contributed by atoms with Crippen molar-refractivity contribution in [3.63, 3.8) is 0 Å². The van der Waals surface area contributed by atoms with Crippen LogP contribution in [0.5, 0.6) is 0 Å². The lowest BCUT2D eigenvalue weighted by Gasteiger charge is -2.36. The van der Waals surface area contributed by atoms with Gasteiger partial charge >= 0.3 is 0 Å². The van der Waals surface area contributed by atoms with E-state index in [1.807, 2.05) is 18.2 Å². The molecule has 0 bridgehead atoms. The van der Waals surface area contributed by atoms with Gasteiger partial charge in [0.05, 0.1) is 6.10 Å². The second kappa shape index (κ2) is 13.3. The fourth-order valence-electron chi connectivity index (χ4n) is 5.65. The molecule has 0 spiro atoms. The van der Waals surface area contributed by atoms with E-state index >= 15 is 0 Å². The molecule has 32 heavy (non-hydrogen) atoms. The van der Waals surface area contributed by atoms with Gasteiger partial charge in [-0.2, -0.15) is 0 Å². The Bertz CT molecular complexity index is 661. The average molecular weight is 445 g/mol. The quantitative estimate of drug-likeness (QED) is 0.575. The minimum absolute atomic E-state index is 0.0289. The Kier molecular flexibility index (Phi) is 11.2. The zero-order chi connectivity index (χ0) is 23.7. The van der Waals surface area contributed by atoms with Crippen molar-refractivity contribution in [1.82, 2.24) is 10.3 Å². The molecule has 6 atom stereocenters. The van der Waals surface area contributed by atoms with Crippen LogP contribution in [0.1, 0.15) is 85.8 Å². The lowest BCUT2D eigenvalue weighted by atomic mass is 9.70. The van der Waals surface area contributed by atoms with Crippen molar-refractivity contribution in [2.75, 3.05) is 6.54 Å². The van der Waals surface area contributed by atoms with Gasteiger partial charge in [-0.15, -0.1) is 0 Å². The largest absolute Gasteiger partial charge is 0.393 e. The summed E-state index contributed by atoms with van der Waals surface area (Å²) in [5, 5.41) is 12.8. The predicted octanol–water partition coefficient (Wildman–Crippen LogP) is 5.89. The maximum absolute atomic E-state index is 12.5. The van der Waals surface area contributed by atoms with Gasteiger partial charge in [0.15, 0.2) is 0 Å². The van der Waals surface area contributed by atoms with Crippen LogP contribution < -0.4 is 5.32 Å². The molecule has 1 aromatic heterocycles. The Morgan fingerprint density at radius 2 is 1.62 bits per heavy atom. The maximum Gasteiger partial charge on any atom is 0.223 e. The lowest BCUT2D eigenvalue weighted by molar-refractivity contribution is -0.129. The second-order valence-corrected chi connectivity index (χ2v) is 11.2. The highest BCUT2D eigenvalue weighted by Crippen LogP contribution is 2.38. The molecular formula is C28H48N2O2. The molecule has 2 aliphatic rings. The topological polar surface area (TPSA) is 62.2 Å². The molecule has 1 amide bonds. The number of carbonyl (C=O) groups is 1. The molecule has 2 saturated carbocycles. The summed E-state index contributed by atoms with van der Waals surface area (Å²) < 4.78 is 0. The molecule has 6 unspecified atom stereocenters. The molecule has 0 saturated heterocycles. The molecule has 2 N–H and O–H groups in total. The minimum Gasteiger partial charge on any atom is -0.393 e. The summed E-state index contributed by atoms with van der Waals surface area (Å²) in [6, 6.07) is 5.91. The first-order valence-electron chi connectivity index (χ1n) is 13.0. The van der Waals surface area contributed by atoms with E-state index in [2.05, 4.69) is 51.8 Å². The van der Waals surface area contributed by atoms with Crippen LogP contribution in [-0.4, -0.2) is 28.6 Å². The van der Waals surface area contributed by atoms with Crippen LogP contribution in [0.25, 0.3) is 0 Å². The van der Waals surface area contributed by atoms with Crippen LogP contribution in [-0.2, 0) is 11.2 Å². The summed E-state index contributed by atoms with van der Waals surface area (Å²) in [5.41, 5.74) is 1.04. The molecule has 0 aliphatic heterocycles. The Balaban J connectivity index is 0.000000278. The summed E-state index contributed by atoms with van der Waals surface area (Å²) in [5.74, 6) is 4.18. The number of hydrogen-bond acceptors (Lipinski definition) is 3. The van der Waals surface area contributed by atoms with Crippen molar-refractivity contribution in [2.24, 2.45) is 41.4 Å². The van der Waals surface area contributed by atoms with Crippen molar-refractivity contribution in [1.29, 1.82) is 0 Å². The smallest absolute Gasteiger partial charge is 0.223 e. The minimum atomic E-state index is -0.0289. The van der Waals surface area contributed by atoms with Crippen molar-refractivity contribution < 1.29 is 9.90 Å². The van der Waals surface area contributed by atoms with Crippen molar-refractivity contribution in [3.8, 4) is 0 Å². The van der Waals surface area contributed by atoms with Gasteiger partial charge in [0.2, 0.25) is 5.91 Å². The Morgan fingerprint density at radius 1 is 1.00 bits per heavy atom. The van der Waals surface area contributed by atoms with E-state index in [0.717, 1.165) is 30.9 Å². The molecule has 182 valence electrons. The number of nitrogens with one attached hydrogen (secondary N) is 1. The normalized spacial score (nSPS) is 30.5. The summed E-state index contributed by atoms with van der Waals surface area (Å²) in [7, 11) is 0. The highest BCUT2D eigenvalue weighted by molar-refractivity contribution is 5.79. The number of rotatable bonds is 6. The van der Waals surface area contributed by atoms with Crippen molar-refractivity contribution in [2.45, 2.75) is 92.6 Å². The number of aliphatic hydroxyl groups excluding tert-OH is 1. The zero-order valence-electron chi connectivity index (χ0n) is 21.4. The predicted molar refractivity (Wildman–Crippen MR) is 133 cm³/mol. The number of hydrogen-bond donors (Lipinski definition) is 2. The third-order valence-corrected chi connectivity index (χ3v) is 7.75. The first-order valence-corrected chi connectivity index (χ1v) is 13.0. The van der Waals surface area contributed by atoms with Crippen LogP contribution in [0.4, 0.5) is 0 Å². The molecule has 1 heterocycles. The van der Waals surface area contributed by atoms with Gasteiger partial charge < -0.3 is 10.4 Å². The molecular weight excluding hydrogens is 396 g/mol. The first kappa shape index (κ1) is 26.8. The molecule has 0 aromatic carbocycles. The van der Waals surface area contributed by atoms with E-state index in [0.29, 0.717) is 36.1 Å². The van der Waals surface area contributed by atoms with Crippen molar-refractivity contribution >= 4 is 5.91 Å². The molecule has 4 heteroatoms. The van der Waals surface area contributed by atoms with Gasteiger partial charge in [-0.05, 0) is 73.3 Å². The summed E-state index contributed by atoms with van der Waals surface area (Å²) >= 11 is 0. The van der Waals surface area contributed by atoms with E-state index in [9.17, 15) is 9.90 Å². The number of carbonyl (C=O) groups excluding carboxylic acids is 1. The van der Waals surface area contributed by atoms with Gasteiger partial charge in [-0.3, -0.25) is 9.78 Å². The highest BCUT2D eigenvalue weighted by Gasteiger charge is 2.35. The molecule has 2 aliphatic carbocycles. The standard InChI is InChI=1S/C18H28N2O.C10H20O/c1-13(2)16-8-7-14(3)12-17(16)18(21)20-11-9-15-6-4-5-10-19-15;1-7(2)9-5-4-8(3)6-10(9)11/h4-6,10,13-14,16-17H,7-9,11-12H2,1-3H3,(H,20,21);7-11H,4-6H2,1-3H3. The summed E-state index contributed by atoms with van der Waals surface area (Å²) in [4.78, 5) is 16.8. The fourth-order valence-corrected chi connectivity index (χ4v) is 5.65. The molecule has 4 nitrogen and oxygen atoms in total. The number of nitrogens with zero attached hydrogens (tertiary/aromatic N) is 1. The Morgan fingerprint density at radius 3 is 2.19 bits per heavy atom. The zero-order valence-corrected chi connectivity index (χ0v) is 21.4. The second-order valence-electron chi connectivity index (χ2n) is 11.2. The first-order chi connectivity index (χ1) is 15.2. The Labute approximate surface area is 197 Å². The Hall–Kier alpha value is -1.42. The molecule has 3 rings (SSSR count). The highest BCUT2D eigenvalue weighted by atomic mass is 16.3. The van der Waals surface area contributed by atoms with Gasteiger partial charge in [0.25, 0.3) is 0 Å². The van der Waals surface area contributed by atoms with Crippen LogP contribution in [0.15, 0.2) is 24.4 Å². The van der Waals surface area contributed by atoms with E-state index in [4.69, 9.17) is 0 Å². The summed E-state index contributed by atoms with van der Waals surface area (Å²) in [6.07, 6.45) is 9.62. The maximum atomic E-state index is 12.5. The molecule has 0 radical (unpaired) electrons.